The smallest absolute Gasteiger partial charge is 0.0931 e. The van der Waals surface area contributed by atoms with E-state index in [2.05, 4.69) is 28.2 Å². The lowest BCUT2D eigenvalue weighted by molar-refractivity contribution is -0.0636. The first kappa shape index (κ1) is 10.3. The highest BCUT2D eigenvalue weighted by Gasteiger charge is 2.39. The van der Waals surface area contributed by atoms with Crippen molar-refractivity contribution in [2.24, 2.45) is 0 Å². The molecule has 0 bridgehead atoms. The summed E-state index contributed by atoms with van der Waals surface area (Å²) in [6.45, 7) is 1.43. The van der Waals surface area contributed by atoms with Gasteiger partial charge in [0.1, 0.15) is 0 Å². The van der Waals surface area contributed by atoms with E-state index >= 15 is 0 Å². The summed E-state index contributed by atoms with van der Waals surface area (Å²) in [5, 5.41) is 8.73. The van der Waals surface area contributed by atoms with Gasteiger partial charge in [0, 0.05) is 11.8 Å². The number of nitrogens with zero attached hydrogens (tertiary/aromatic N) is 2. The van der Waals surface area contributed by atoms with E-state index in [-0.39, 0.29) is 5.41 Å². The molecule has 1 aromatic heterocycles. The zero-order chi connectivity index (χ0) is 11.7. The molecule has 4 nitrogen and oxygen atoms in total. The molecule has 0 spiro atoms. The number of rotatable bonds is 3. The monoisotopic (exact) mass is 227 g/mol. The molecule has 1 aliphatic rings. The van der Waals surface area contributed by atoms with E-state index in [1.54, 1.807) is 6.33 Å². The van der Waals surface area contributed by atoms with Gasteiger partial charge in [-0.1, -0.05) is 6.07 Å². The van der Waals surface area contributed by atoms with E-state index < -0.39 is 0 Å². The first-order valence-corrected chi connectivity index (χ1v) is 5.72. The Morgan fingerprint density at radius 1 is 1.47 bits per heavy atom. The van der Waals surface area contributed by atoms with Crippen molar-refractivity contribution in [3.05, 3.63) is 30.1 Å². The Morgan fingerprint density at radius 2 is 2.35 bits per heavy atom. The molecule has 0 radical (unpaired) electrons. The molecule has 3 rings (SSSR count). The molecule has 4 heteroatoms. The summed E-state index contributed by atoms with van der Waals surface area (Å²) >= 11 is 0. The van der Waals surface area contributed by atoms with E-state index in [0.717, 1.165) is 17.5 Å². The second-order valence-electron chi connectivity index (χ2n) is 4.57. The highest BCUT2D eigenvalue weighted by molar-refractivity contribution is 5.75. The molecule has 0 amide bonds. The van der Waals surface area contributed by atoms with Crippen LogP contribution in [0.3, 0.4) is 0 Å². The van der Waals surface area contributed by atoms with Crippen LogP contribution in [0.1, 0.15) is 18.4 Å². The van der Waals surface area contributed by atoms with E-state index in [4.69, 9.17) is 10.00 Å². The third kappa shape index (κ3) is 1.60. The van der Waals surface area contributed by atoms with E-state index in [1.165, 1.54) is 5.56 Å². The van der Waals surface area contributed by atoms with Crippen molar-refractivity contribution in [3.63, 3.8) is 0 Å². The van der Waals surface area contributed by atoms with Crippen LogP contribution in [0, 0.1) is 11.3 Å². The van der Waals surface area contributed by atoms with Crippen molar-refractivity contribution in [3.8, 4) is 6.07 Å². The van der Waals surface area contributed by atoms with Crippen LogP contribution in [0.4, 0.5) is 0 Å². The molecule has 1 fully saturated rings. The minimum absolute atomic E-state index is 0.0367. The van der Waals surface area contributed by atoms with Crippen LogP contribution in [-0.4, -0.2) is 23.2 Å². The summed E-state index contributed by atoms with van der Waals surface area (Å²) in [6, 6.07) is 8.47. The fourth-order valence-corrected chi connectivity index (χ4v) is 2.36. The van der Waals surface area contributed by atoms with Crippen LogP contribution in [0.15, 0.2) is 24.5 Å². The number of hydrogen-bond acceptors (Lipinski definition) is 3. The summed E-state index contributed by atoms with van der Waals surface area (Å²) in [5.74, 6) is 0. The molecule has 2 aromatic rings. The summed E-state index contributed by atoms with van der Waals surface area (Å²) in [4.78, 5) is 7.33. The summed E-state index contributed by atoms with van der Waals surface area (Å²) < 4.78 is 5.35. The summed E-state index contributed by atoms with van der Waals surface area (Å²) in [7, 11) is 0. The molecule has 86 valence electrons. The largest absolute Gasteiger partial charge is 0.379 e. The van der Waals surface area contributed by atoms with Gasteiger partial charge in [0.15, 0.2) is 0 Å². The summed E-state index contributed by atoms with van der Waals surface area (Å²) in [5.41, 5.74) is 3.31. The predicted molar refractivity (Wildman–Crippen MR) is 63.4 cm³/mol. The third-order valence-corrected chi connectivity index (χ3v) is 3.50. The molecule has 2 heterocycles. The Balaban J connectivity index is 1.98. The number of imidazole rings is 1. The molecular weight excluding hydrogens is 214 g/mol. The maximum atomic E-state index is 8.73. The number of benzene rings is 1. The van der Waals surface area contributed by atoms with Crippen LogP contribution in [0.2, 0.25) is 0 Å². The molecule has 0 atom stereocenters. The first-order valence-electron chi connectivity index (χ1n) is 5.72. The summed E-state index contributed by atoms with van der Waals surface area (Å²) in [6.07, 6.45) is 3.14. The lowest BCUT2D eigenvalue weighted by Gasteiger charge is -2.41. The molecule has 0 unspecified atom stereocenters. The van der Waals surface area contributed by atoms with Crippen LogP contribution < -0.4 is 0 Å². The van der Waals surface area contributed by atoms with E-state index in [9.17, 15) is 0 Å². The van der Waals surface area contributed by atoms with Crippen molar-refractivity contribution < 1.29 is 4.74 Å². The normalized spacial score (nSPS) is 17.6. The average Bonchev–Trinajstić information content (AvgIpc) is 2.75. The number of ether oxygens (including phenoxy) is 1. The second kappa shape index (κ2) is 3.86. The minimum Gasteiger partial charge on any atom is -0.379 e. The number of hydrogen-bond donors (Lipinski definition) is 1. The fourth-order valence-electron chi connectivity index (χ4n) is 2.36. The molecule has 1 saturated heterocycles. The molecule has 0 aliphatic carbocycles. The first-order chi connectivity index (χ1) is 8.34. The van der Waals surface area contributed by atoms with Gasteiger partial charge in [0.2, 0.25) is 0 Å². The second-order valence-corrected chi connectivity index (χ2v) is 4.57. The van der Waals surface area contributed by atoms with Crippen LogP contribution in [-0.2, 0) is 10.2 Å². The van der Waals surface area contributed by atoms with Gasteiger partial charge in [-0.3, -0.25) is 0 Å². The highest BCUT2D eigenvalue weighted by atomic mass is 16.5. The molecule has 0 saturated carbocycles. The van der Waals surface area contributed by atoms with Crippen molar-refractivity contribution in [2.75, 3.05) is 13.2 Å². The van der Waals surface area contributed by atoms with E-state index in [1.807, 2.05) is 6.07 Å². The Bertz CT molecular complexity index is 578. The van der Waals surface area contributed by atoms with Gasteiger partial charge in [-0.2, -0.15) is 5.26 Å². The van der Waals surface area contributed by atoms with Gasteiger partial charge < -0.3 is 9.72 Å². The molecule has 17 heavy (non-hydrogen) atoms. The van der Waals surface area contributed by atoms with Gasteiger partial charge in [0.05, 0.1) is 36.6 Å². The van der Waals surface area contributed by atoms with Crippen molar-refractivity contribution in [1.29, 1.82) is 5.26 Å². The van der Waals surface area contributed by atoms with Crippen LogP contribution in [0.25, 0.3) is 11.0 Å². The van der Waals surface area contributed by atoms with Gasteiger partial charge >= 0.3 is 0 Å². The van der Waals surface area contributed by atoms with Gasteiger partial charge in [-0.05, 0) is 24.1 Å². The standard InChI is InChI=1S/C13H13N3O/c14-5-1-4-13(7-17-8-13)10-2-3-11-12(6-10)16-9-15-11/h2-3,6,9H,1,4,7-8H2,(H,15,16). The van der Waals surface area contributed by atoms with Gasteiger partial charge in [-0.15, -0.1) is 0 Å². The molecule has 1 aromatic carbocycles. The quantitative estimate of drug-likeness (QED) is 0.873. The number of aromatic nitrogens is 2. The van der Waals surface area contributed by atoms with Crippen LogP contribution in [0.5, 0.6) is 0 Å². The van der Waals surface area contributed by atoms with Crippen molar-refractivity contribution in [1.82, 2.24) is 9.97 Å². The predicted octanol–water partition coefficient (Wildman–Crippen LogP) is 2.13. The minimum atomic E-state index is 0.0367. The molecule has 1 aliphatic heterocycles. The van der Waals surface area contributed by atoms with Gasteiger partial charge in [0.25, 0.3) is 0 Å². The average molecular weight is 227 g/mol. The topological polar surface area (TPSA) is 61.7 Å². The Hall–Kier alpha value is -1.86. The SMILES string of the molecule is N#CCCC1(c2ccc3nc[nH]c3c2)COC1. The lowest BCUT2D eigenvalue weighted by Crippen LogP contribution is -2.46. The zero-order valence-electron chi connectivity index (χ0n) is 9.44. The maximum Gasteiger partial charge on any atom is 0.0931 e. The number of nitriles is 1. The van der Waals surface area contributed by atoms with Crippen LogP contribution >= 0.6 is 0 Å². The van der Waals surface area contributed by atoms with Crippen molar-refractivity contribution >= 4 is 11.0 Å². The fraction of sp³-hybridized carbons (Fsp3) is 0.385. The van der Waals surface area contributed by atoms with Gasteiger partial charge in [-0.25, -0.2) is 4.98 Å². The lowest BCUT2D eigenvalue weighted by atomic mass is 9.75. The Labute approximate surface area is 99.2 Å². The number of fused-ring (bicyclic) bond motifs is 1. The Morgan fingerprint density at radius 3 is 3.06 bits per heavy atom. The molecule has 1 N–H and O–H groups in total. The highest BCUT2D eigenvalue weighted by Crippen LogP contribution is 2.37. The zero-order valence-corrected chi connectivity index (χ0v) is 9.44. The number of nitrogens with one attached hydrogen (secondary N) is 1. The number of H-pyrrole nitrogens is 1. The maximum absolute atomic E-state index is 8.73. The van der Waals surface area contributed by atoms with Crippen molar-refractivity contribution in [2.45, 2.75) is 18.3 Å². The Kier molecular flexibility index (Phi) is 2.34. The van der Waals surface area contributed by atoms with E-state index in [0.29, 0.717) is 19.6 Å². The third-order valence-electron chi connectivity index (χ3n) is 3.50. The number of aromatic amines is 1. The molecular formula is C13H13N3O.